The zero-order chi connectivity index (χ0) is 23.7. The molecular weight excluding hydrogens is 432 g/mol. The van der Waals surface area contributed by atoms with Crippen LogP contribution in [0.15, 0.2) is 45.6 Å². The number of nitrogens with zero attached hydrogens (tertiary/aromatic N) is 2. The molecule has 1 unspecified atom stereocenters. The van der Waals surface area contributed by atoms with Crippen molar-refractivity contribution in [2.45, 2.75) is 19.9 Å². The van der Waals surface area contributed by atoms with E-state index >= 15 is 0 Å². The minimum absolute atomic E-state index is 0.206. The number of hydrogen-bond acceptors (Lipinski definition) is 6. The minimum atomic E-state index is -0.708. The lowest BCUT2D eigenvalue weighted by Crippen LogP contribution is -2.36. The zero-order valence-electron chi connectivity index (χ0n) is 18.7. The van der Waals surface area contributed by atoms with E-state index in [2.05, 4.69) is 5.32 Å². The van der Waals surface area contributed by atoms with E-state index in [-0.39, 0.29) is 17.0 Å². The first-order chi connectivity index (χ1) is 15.7. The molecule has 1 fully saturated rings. The van der Waals surface area contributed by atoms with Gasteiger partial charge in [0.2, 0.25) is 5.91 Å². The molecule has 0 bridgehead atoms. The van der Waals surface area contributed by atoms with Crippen molar-refractivity contribution in [2.75, 3.05) is 48.5 Å². The van der Waals surface area contributed by atoms with Crippen molar-refractivity contribution in [1.82, 2.24) is 0 Å². The predicted octanol–water partition coefficient (Wildman–Crippen LogP) is 4.06. The molecule has 0 radical (unpaired) electrons. The number of anilines is 3. The van der Waals surface area contributed by atoms with E-state index in [1.807, 2.05) is 4.90 Å². The summed E-state index contributed by atoms with van der Waals surface area (Å²) in [6.07, 6.45) is 0. The van der Waals surface area contributed by atoms with Crippen molar-refractivity contribution in [1.29, 1.82) is 0 Å². The number of hydrogen-bond donors (Lipinski definition) is 1. The van der Waals surface area contributed by atoms with Gasteiger partial charge in [-0.25, -0.2) is 8.78 Å². The fraction of sp³-hybridized carbons (Fsp3) is 0.333. The molecule has 174 valence electrons. The summed E-state index contributed by atoms with van der Waals surface area (Å²) < 4.78 is 39.0. The van der Waals surface area contributed by atoms with Crippen LogP contribution in [-0.4, -0.2) is 39.3 Å². The molecule has 9 heteroatoms. The molecule has 0 saturated carbocycles. The Labute approximate surface area is 189 Å². The Morgan fingerprint density at radius 2 is 1.76 bits per heavy atom. The number of ether oxygens (including phenoxy) is 1. The van der Waals surface area contributed by atoms with E-state index in [0.29, 0.717) is 54.4 Å². The Morgan fingerprint density at radius 1 is 1.09 bits per heavy atom. The number of halogens is 2. The standard InChI is InChI=1S/C24H25F2N3O4/c1-14(27-18-9-16(25)8-17(26)10-18)20-11-19(28(3)15(2)30)12-21-22(31)13-23(33-24(20)21)29-4-6-32-7-5-29/h8-14,27H,4-7H2,1-3H3. The van der Waals surface area contributed by atoms with Crippen LogP contribution in [-0.2, 0) is 9.53 Å². The Hall–Kier alpha value is -3.46. The Morgan fingerprint density at radius 3 is 2.39 bits per heavy atom. The van der Waals surface area contributed by atoms with Gasteiger partial charge in [-0.05, 0) is 31.2 Å². The Balaban J connectivity index is 1.85. The summed E-state index contributed by atoms with van der Waals surface area (Å²) in [5.74, 6) is -1.20. The molecule has 33 heavy (non-hydrogen) atoms. The molecule has 1 atom stereocenters. The number of benzene rings is 2. The van der Waals surface area contributed by atoms with Gasteiger partial charge < -0.3 is 24.3 Å². The molecule has 1 aliphatic heterocycles. The van der Waals surface area contributed by atoms with Crippen LogP contribution in [0, 0.1) is 11.6 Å². The molecule has 1 amide bonds. The summed E-state index contributed by atoms with van der Waals surface area (Å²) >= 11 is 0. The van der Waals surface area contributed by atoms with Crippen LogP contribution in [0.3, 0.4) is 0 Å². The largest absolute Gasteiger partial charge is 0.440 e. The molecule has 0 spiro atoms. The van der Waals surface area contributed by atoms with Crippen LogP contribution in [0.25, 0.3) is 11.0 Å². The van der Waals surface area contributed by atoms with Gasteiger partial charge in [-0.2, -0.15) is 0 Å². The molecule has 0 aliphatic carbocycles. The van der Waals surface area contributed by atoms with Crippen LogP contribution >= 0.6 is 0 Å². The van der Waals surface area contributed by atoms with Crippen molar-refractivity contribution in [3.05, 3.63) is 63.8 Å². The molecule has 1 aromatic heterocycles. The van der Waals surface area contributed by atoms with Crippen molar-refractivity contribution in [3.63, 3.8) is 0 Å². The van der Waals surface area contributed by atoms with Crippen LogP contribution in [0.4, 0.5) is 26.0 Å². The van der Waals surface area contributed by atoms with Gasteiger partial charge in [-0.3, -0.25) is 9.59 Å². The first-order valence-electron chi connectivity index (χ1n) is 10.6. The smallest absolute Gasteiger partial charge is 0.223 e. The van der Waals surface area contributed by atoms with Crippen LogP contribution in [0.5, 0.6) is 0 Å². The highest BCUT2D eigenvalue weighted by Crippen LogP contribution is 2.33. The van der Waals surface area contributed by atoms with Gasteiger partial charge >= 0.3 is 0 Å². The second-order valence-corrected chi connectivity index (χ2v) is 8.06. The number of amides is 1. The summed E-state index contributed by atoms with van der Waals surface area (Å²) in [6, 6.07) is 7.45. The third-order valence-corrected chi connectivity index (χ3v) is 5.72. The molecule has 2 aromatic carbocycles. The normalized spacial score (nSPS) is 14.9. The number of carbonyl (C=O) groups is 1. The van der Waals surface area contributed by atoms with Gasteiger partial charge in [0.15, 0.2) is 11.3 Å². The maximum Gasteiger partial charge on any atom is 0.223 e. The van der Waals surface area contributed by atoms with E-state index in [1.165, 1.54) is 30.0 Å². The Bertz CT molecular complexity index is 1230. The number of rotatable bonds is 5. The number of nitrogens with one attached hydrogen (secondary N) is 1. The predicted molar refractivity (Wildman–Crippen MR) is 123 cm³/mol. The minimum Gasteiger partial charge on any atom is -0.440 e. The van der Waals surface area contributed by atoms with E-state index in [9.17, 15) is 18.4 Å². The van der Waals surface area contributed by atoms with Gasteiger partial charge in [-0.1, -0.05) is 0 Å². The third-order valence-electron chi connectivity index (χ3n) is 5.72. The molecule has 3 aromatic rings. The highest BCUT2D eigenvalue weighted by molar-refractivity contribution is 5.95. The highest BCUT2D eigenvalue weighted by Gasteiger charge is 2.21. The van der Waals surface area contributed by atoms with Crippen LogP contribution in [0.1, 0.15) is 25.5 Å². The summed E-state index contributed by atoms with van der Waals surface area (Å²) in [6.45, 7) is 5.44. The zero-order valence-corrected chi connectivity index (χ0v) is 18.7. The van der Waals surface area contributed by atoms with Crippen molar-refractivity contribution in [3.8, 4) is 0 Å². The monoisotopic (exact) mass is 457 g/mol. The maximum absolute atomic E-state index is 13.7. The molecule has 2 heterocycles. The second-order valence-electron chi connectivity index (χ2n) is 8.06. The molecule has 1 saturated heterocycles. The molecule has 7 nitrogen and oxygen atoms in total. The topological polar surface area (TPSA) is 75.0 Å². The quantitative estimate of drug-likeness (QED) is 0.623. The molecule has 1 aliphatic rings. The lowest BCUT2D eigenvalue weighted by atomic mass is 10.0. The average molecular weight is 457 g/mol. The fourth-order valence-electron chi connectivity index (χ4n) is 3.86. The molecule has 4 rings (SSSR count). The maximum atomic E-state index is 13.7. The summed E-state index contributed by atoms with van der Waals surface area (Å²) in [7, 11) is 1.61. The Kier molecular flexibility index (Phi) is 6.33. The summed E-state index contributed by atoms with van der Waals surface area (Å²) in [4.78, 5) is 28.4. The first kappa shape index (κ1) is 22.7. The SMILES string of the molecule is CC(=O)N(C)c1cc(C(C)Nc2cc(F)cc(F)c2)c2oc(N3CCOCC3)cc(=O)c2c1. The summed E-state index contributed by atoms with van der Waals surface area (Å²) in [5.41, 5.74) is 1.43. The fourth-order valence-corrected chi connectivity index (χ4v) is 3.86. The van der Waals surface area contributed by atoms with Crippen LogP contribution in [0.2, 0.25) is 0 Å². The summed E-state index contributed by atoms with van der Waals surface area (Å²) in [5, 5.41) is 3.38. The van der Waals surface area contributed by atoms with E-state index in [0.717, 1.165) is 6.07 Å². The van der Waals surface area contributed by atoms with E-state index in [1.54, 1.807) is 26.1 Å². The van der Waals surface area contributed by atoms with Gasteiger partial charge in [0, 0.05) is 56.1 Å². The van der Waals surface area contributed by atoms with Crippen molar-refractivity contribution in [2.24, 2.45) is 0 Å². The van der Waals surface area contributed by atoms with Gasteiger partial charge in [0.05, 0.1) is 24.6 Å². The van der Waals surface area contributed by atoms with Crippen molar-refractivity contribution < 1.29 is 22.7 Å². The number of fused-ring (bicyclic) bond motifs is 1. The van der Waals surface area contributed by atoms with Gasteiger partial charge in [0.1, 0.15) is 17.2 Å². The average Bonchev–Trinajstić information content (AvgIpc) is 2.77. The third kappa shape index (κ3) is 4.83. The number of carbonyl (C=O) groups excluding carboxylic acids is 1. The van der Waals surface area contributed by atoms with Crippen LogP contribution < -0.4 is 20.5 Å². The number of morpholine rings is 1. The van der Waals surface area contributed by atoms with E-state index < -0.39 is 17.7 Å². The lowest BCUT2D eigenvalue weighted by Gasteiger charge is -2.28. The lowest BCUT2D eigenvalue weighted by molar-refractivity contribution is -0.116. The first-order valence-corrected chi connectivity index (χ1v) is 10.6. The molecule has 1 N–H and O–H groups in total. The van der Waals surface area contributed by atoms with E-state index in [4.69, 9.17) is 9.15 Å². The van der Waals surface area contributed by atoms with Crippen molar-refractivity contribution >= 4 is 34.1 Å². The highest BCUT2D eigenvalue weighted by atomic mass is 19.1. The second kappa shape index (κ2) is 9.19. The van der Waals surface area contributed by atoms with Gasteiger partial charge in [0.25, 0.3) is 0 Å². The molecular formula is C24H25F2N3O4. The van der Waals surface area contributed by atoms with Gasteiger partial charge in [-0.15, -0.1) is 0 Å².